The fourth-order valence-electron chi connectivity index (χ4n) is 1.93. The maximum Gasteiger partial charge on any atom is 0.321 e. The summed E-state index contributed by atoms with van der Waals surface area (Å²) in [6.45, 7) is 0. The van der Waals surface area contributed by atoms with Gasteiger partial charge in [0.15, 0.2) is 5.82 Å². The lowest BCUT2D eigenvalue weighted by Crippen LogP contribution is -2.26. The standard InChI is InChI=1S/C15H10F3NO3/c1-22-15(21)12(9-4-2-3-5-10(9)17)14(20)13-11(18)6-8(16)7-19-13/h2-7,12H,1H3. The molecule has 4 nitrogen and oxygen atoms in total. The first kappa shape index (κ1) is 15.7. The van der Waals surface area contributed by atoms with Crippen LogP contribution in [0.3, 0.4) is 0 Å². The second-order valence-corrected chi connectivity index (χ2v) is 4.33. The van der Waals surface area contributed by atoms with Crippen molar-refractivity contribution in [3.05, 3.63) is 65.2 Å². The Balaban J connectivity index is 2.53. The minimum atomic E-state index is -1.72. The largest absolute Gasteiger partial charge is 0.468 e. The quantitative estimate of drug-likeness (QED) is 0.495. The molecule has 114 valence electrons. The Labute approximate surface area is 123 Å². The van der Waals surface area contributed by atoms with Crippen LogP contribution in [0.25, 0.3) is 0 Å². The first-order valence-electron chi connectivity index (χ1n) is 6.13. The lowest BCUT2D eigenvalue weighted by molar-refractivity contribution is -0.141. The summed E-state index contributed by atoms with van der Waals surface area (Å²) < 4.78 is 44.9. The lowest BCUT2D eigenvalue weighted by atomic mass is 9.92. The third-order valence-corrected chi connectivity index (χ3v) is 2.96. The second kappa shape index (κ2) is 6.38. The number of hydrogen-bond acceptors (Lipinski definition) is 4. The SMILES string of the molecule is COC(=O)C(C(=O)c1ncc(F)cc1F)c1ccccc1F. The average Bonchev–Trinajstić information content (AvgIpc) is 2.49. The zero-order valence-corrected chi connectivity index (χ0v) is 11.3. The number of ketones is 1. The van der Waals surface area contributed by atoms with Crippen molar-refractivity contribution in [1.82, 2.24) is 4.98 Å². The van der Waals surface area contributed by atoms with E-state index in [1.54, 1.807) is 0 Å². The van der Waals surface area contributed by atoms with E-state index in [1.165, 1.54) is 18.2 Å². The van der Waals surface area contributed by atoms with Crippen LogP contribution in [0.4, 0.5) is 13.2 Å². The number of carbonyl (C=O) groups excluding carboxylic acids is 2. The van der Waals surface area contributed by atoms with Gasteiger partial charge in [0, 0.05) is 11.6 Å². The van der Waals surface area contributed by atoms with E-state index in [1.807, 2.05) is 0 Å². The van der Waals surface area contributed by atoms with Gasteiger partial charge in [0.2, 0.25) is 5.78 Å². The zero-order chi connectivity index (χ0) is 16.3. The fraction of sp³-hybridized carbons (Fsp3) is 0.133. The number of aromatic nitrogens is 1. The molecule has 0 fully saturated rings. The molecular weight excluding hydrogens is 299 g/mol. The van der Waals surface area contributed by atoms with E-state index in [-0.39, 0.29) is 5.56 Å². The van der Waals surface area contributed by atoms with Gasteiger partial charge in [-0.15, -0.1) is 0 Å². The third-order valence-electron chi connectivity index (χ3n) is 2.96. The number of nitrogens with zero attached hydrogens (tertiary/aromatic N) is 1. The highest BCUT2D eigenvalue weighted by Gasteiger charge is 2.34. The van der Waals surface area contributed by atoms with Gasteiger partial charge < -0.3 is 4.74 Å². The number of methoxy groups -OCH3 is 1. The highest BCUT2D eigenvalue weighted by Crippen LogP contribution is 2.25. The average molecular weight is 309 g/mol. The molecule has 0 radical (unpaired) electrons. The van der Waals surface area contributed by atoms with Crippen LogP contribution < -0.4 is 0 Å². The number of rotatable bonds is 4. The Bertz CT molecular complexity index is 734. The van der Waals surface area contributed by atoms with Crippen LogP contribution in [-0.2, 0) is 9.53 Å². The molecule has 0 amide bonds. The van der Waals surface area contributed by atoms with Gasteiger partial charge in [0.25, 0.3) is 0 Å². The number of pyridine rings is 1. The van der Waals surface area contributed by atoms with Crippen LogP contribution in [0.15, 0.2) is 36.5 Å². The van der Waals surface area contributed by atoms with E-state index >= 15 is 0 Å². The maximum absolute atomic E-state index is 13.8. The molecule has 1 heterocycles. The number of halogens is 3. The maximum atomic E-state index is 13.8. The first-order valence-corrected chi connectivity index (χ1v) is 6.13. The van der Waals surface area contributed by atoms with Gasteiger partial charge in [-0.25, -0.2) is 18.2 Å². The van der Waals surface area contributed by atoms with Gasteiger partial charge in [0.1, 0.15) is 23.2 Å². The van der Waals surface area contributed by atoms with Crippen LogP contribution in [-0.4, -0.2) is 23.8 Å². The molecule has 0 aliphatic rings. The molecule has 0 aliphatic heterocycles. The minimum absolute atomic E-state index is 0.273. The molecule has 0 N–H and O–H groups in total. The second-order valence-electron chi connectivity index (χ2n) is 4.33. The zero-order valence-electron chi connectivity index (χ0n) is 11.3. The van der Waals surface area contributed by atoms with Crippen molar-refractivity contribution >= 4 is 11.8 Å². The highest BCUT2D eigenvalue weighted by atomic mass is 19.1. The van der Waals surface area contributed by atoms with Gasteiger partial charge in [-0.05, 0) is 6.07 Å². The van der Waals surface area contributed by atoms with Crippen LogP contribution in [0, 0.1) is 17.5 Å². The number of hydrogen-bond donors (Lipinski definition) is 0. The molecule has 0 saturated heterocycles. The van der Waals surface area contributed by atoms with Crippen LogP contribution in [0.1, 0.15) is 22.0 Å². The molecule has 7 heteroatoms. The number of Topliss-reactive ketones (excluding diaryl/α,β-unsaturated/α-hetero) is 1. The van der Waals surface area contributed by atoms with Crippen molar-refractivity contribution in [2.75, 3.05) is 7.11 Å². The Kier molecular flexibility index (Phi) is 4.55. The van der Waals surface area contributed by atoms with Crippen molar-refractivity contribution in [2.24, 2.45) is 0 Å². The summed E-state index contributed by atoms with van der Waals surface area (Å²) in [5.41, 5.74) is -1.04. The molecule has 2 rings (SSSR count). The minimum Gasteiger partial charge on any atom is -0.468 e. The Morgan fingerprint density at radius 2 is 1.82 bits per heavy atom. The monoisotopic (exact) mass is 309 g/mol. The van der Waals surface area contributed by atoms with Gasteiger partial charge in [-0.2, -0.15) is 0 Å². The van der Waals surface area contributed by atoms with E-state index in [4.69, 9.17) is 0 Å². The van der Waals surface area contributed by atoms with E-state index in [0.717, 1.165) is 13.2 Å². The van der Waals surface area contributed by atoms with Gasteiger partial charge in [-0.1, -0.05) is 18.2 Å². The molecule has 22 heavy (non-hydrogen) atoms. The molecule has 1 unspecified atom stereocenters. The predicted molar refractivity (Wildman–Crippen MR) is 69.6 cm³/mol. The van der Waals surface area contributed by atoms with Crippen molar-refractivity contribution in [1.29, 1.82) is 0 Å². The van der Waals surface area contributed by atoms with Crippen molar-refractivity contribution in [3.63, 3.8) is 0 Å². The summed E-state index contributed by atoms with van der Waals surface area (Å²) in [5.74, 6) is -6.95. The predicted octanol–water partition coefficient (Wildman–Crippen LogP) is 2.64. The van der Waals surface area contributed by atoms with Gasteiger partial charge in [0.05, 0.1) is 13.3 Å². The molecule has 0 bridgehead atoms. The van der Waals surface area contributed by atoms with E-state index in [9.17, 15) is 22.8 Å². The highest BCUT2D eigenvalue weighted by molar-refractivity contribution is 6.12. The van der Waals surface area contributed by atoms with E-state index in [0.29, 0.717) is 12.3 Å². The molecule has 0 saturated carbocycles. The summed E-state index contributed by atoms with van der Waals surface area (Å²) in [5, 5.41) is 0. The van der Waals surface area contributed by atoms with Gasteiger partial charge in [-0.3, -0.25) is 9.59 Å². The Hall–Kier alpha value is -2.70. The van der Waals surface area contributed by atoms with Gasteiger partial charge >= 0.3 is 5.97 Å². The van der Waals surface area contributed by atoms with Crippen LogP contribution in [0.5, 0.6) is 0 Å². The lowest BCUT2D eigenvalue weighted by Gasteiger charge is -2.14. The van der Waals surface area contributed by atoms with E-state index in [2.05, 4.69) is 9.72 Å². The van der Waals surface area contributed by atoms with Crippen molar-refractivity contribution < 1.29 is 27.5 Å². The summed E-state index contributed by atoms with van der Waals surface area (Å²) in [7, 11) is 1.01. The fourth-order valence-corrected chi connectivity index (χ4v) is 1.93. The molecule has 1 atom stereocenters. The Morgan fingerprint density at radius 1 is 1.14 bits per heavy atom. The summed E-state index contributed by atoms with van der Waals surface area (Å²) >= 11 is 0. The number of ether oxygens (including phenoxy) is 1. The number of carbonyl (C=O) groups is 2. The Morgan fingerprint density at radius 3 is 2.41 bits per heavy atom. The van der Waals surface area contributed by atoms with Crippen molar-refractivity contribution in [3.8, 4) is 0 Å². The normalized spacial score (nSPS) is 11.8. The third kappa shape index (κ3) is 2.98. The molecule has 2 aromatic rings. The first-order chi connectivity index (χ1) is 10.5. The van der Waals surface area contributed by atoms with Crippen molar-refractivity contribution in [2.45, 2.75) is 5.92 Å². The van der Waals surface area contributed by atoms with Crippen LogP contribution >= 0.6 is 0 Å². The summed E-state index contributed by atoms with van der Waals surface area (Å²) in [4.78, 5) is 27.5. The molecular formula is C15H10F3NO3. The number of benzene rings is 1. The smallest absolute Gasteiger partial charge is 0.321 e. The molecule has 0 spiro atoms. The van der Waals surface area contributed by atoms with Crippen LogP contribution in [0.2, 0.25) is 0 Å². The molecule has 1 aromatic carbocycles. The summed E-state index contributed by atoms with van der Waals surface area (Å²) in [6.07, 6.45) is 0.631. The summed E-state index contributed by atoms with van der Waals surface area (Å²) in [6, 6.07) is 5.49. The molecule has 1 aromatic heterocycles. The number of esters is 1. The topological polar surface area (TPSA) is 56.3 Å². The molecule has 0 aliphatic carbocycles. The van der Waals surface area contributed by atoms with E-state index < -0.39 is 40.8 Å².